The first-order chi connectivity index (χ1) is 13.7. The van der Waals surface area contributed by atoms with Crippen LogP contribution in [-0.2, 0) is 10.0 Å². The number of amides is 1. The van der Waals surface area contributed by atoms with Crippen LogP contribution in [0.5, 0.6) is 5.88 Å². The number of sulfonamides is 1. The third kappa shape index (κ3) is 4.44. The molecule has 0 aliphatic carbocycles. The molecule has 0 radical (unpaired) electrons. The molecule has 0 saturated heterocycles. The quantitative estimate of drug-likeness (QED) is 0.459. The summed E-state index contributed by atoms with van der Waals surface area (Å²) in [5.41, 5.74) is 1.44. The second-order valence-electron chi connectivity index (χ2n) is 6.64. The van der Waals surface area contributed by atoms with Gasteiger partial charge in [0.25, 0.3) is 5.91 Å². The summed E-state index contributed by atoms with van der Waals surface area (Å²) in [7, 11) is -2.18. The van der Waals surface area contributed by atoms with E-state index in [0.29, 0.717) is 22.2 Å². The van der Waals surface area contributed by atoms with Gasteiger partial charge in [-0.2, -0.15) is 5.11 Å². The van der Waals surface area contributed by atoms with Crippen LogP contribution in [0.3, 0.4) is 0 Å². The Morgan fingerprint density at radius 1 is 1.14 bits per heavy atom. The Labute approximate surface area is 167 Å². The number of benzene rings is 2. The molecule has 0 unspecified atom stereocenters. The number of hydrogen-bond donors (Lipinski definition) is 4. The number of rotatable bonds is 6. The lowest BCUT2D eigenvalue weighted by Gasteiger charge is -2.09. The van der Waals surface area contributed by atoms with Crippen LogP contribution in [0, 0.1) is 0 Å². The van der Waals surface area contributed by atoms with E-state index in [1.165, 1.54) is 19.2 Å². The minimum atomic E-state index is -3.71. The molecule has 0 spiro atoms. The lowest BCUT2D eigenvalue weighted by atomic mass is 10.2. The highest BCUT2D eigenvalue weighted by atomic mass is 32.2. The van der Waals surface area contributed by atoms with E-state index in [9.17, 15) is 18.3 Å². The molecular weight excluding hydrogens is 394 g/mol. The van der Waals surface area contributed by atoms with Gasteiger partial charge in [0.15, 0.2) is 5.69 Å². The van der Waals surface area contributed by atoms with Crippen LogP contribution in [0.1, 0.15) is 24.2 Å². The zero-order valence-electron chi connectivity index (χ0n) is 16.1. The highest BCUT2D eigenvalue weighted by Crippen LogP contribution is 2.37. The molecule has 9 nitrogen and oxygen atoms in total. The molecule has 0 aliphatic rings. The number of nitrogens with one attached hydrogen (secondary N) is 3. The Hall–Kier alpha value is -3.24. The van der Waals surface area contributed by atoms with Crippen molar-refractivity contribution in [2.24, 2.45) is 10.2 Å². The second kappa shape index (κ2) is 8.02. The molecule has 1 amide bonds. The Bertz CT molecular complexity index is 1200. The summed E-state index contributed by atoms with van der Waals surface area (Å²) in [6.07, 6.45) is 0. The number of fused-ring (bicyclic) bond motifs is 1. The van der Waals surface area contributed by atoms with Crippen molar-refractivity contribution in [3.63, 3.8) is 0 Å². The molecule has 10 heteroatoms. The van der Waals surface area contributed by atoms with Crippen LogP contribution in [0.2, 0.25) is 0 Å². The highest BCUT2D eigenvalue weighted by Gasteiger charge is 2.19. The molecule has 0 atom stereocenters. The molecule has 29 heavy (non-hydrogen) atoms. The molecule has 1 heterocycles. The van der Waals surface area contributed by atoms with Gasteiger partial charge >= 0.3 is 0 Å². The number of hydrogen-bond acceptors (Lipinski definition) is 6. The van der Waals surface area contributed by atoms with Crippen LogP contribution in [0.4, 0.5) is 11.4 Å². The normalized spacial score (nSPS) is 12.1. The summed E-state index contributed by atoms with van der Waals surface area (Å²) in [6.45, 7) is 3.45. The summed E-state index contributed by atoms with van der Waals surface area (Å²) in [5, 5.41) is 21.3. The highest BCUT2D eigenvalue weighted by molar-refractivity contribution is 7.89. The maximum Gasteiger partial charge on any atom is 0.251 e. The predicted octanol–water partition coefficient (Wildman–Crippen LogP) is 3.34. The maximum absolute atomic E-state index is 12.4. The van der Waals surface area contributed by atoms with Crippen molar-refractivity contribution in [2.75, 3.05) is 7.05 Å². The number of nitrogens with zero attached hydrogens (tertiary/aromatic N) is 2. The van der Waals surface area contributed by atoms with E-state index in [4.69, 9.17) is 0 Å². The average Bonchev–Trinajstić information content (AvgIpc) is 2.99. The van der Waals surface area contributed by atoms with Crippen molar-refractivity contribution in [1.82, 2.24) is 15.0 Å². The Kier molecular flexibility index (Phi) is 5.66. The third-order valence-corrected chi connectivity index (χ3v) is 5.68. The molecule has 1 aromatic heterocycles. The van der Waals surface area contributed by atoms with Crippen LogP contribution < -0.4 is 10.0 Å². The zero-order chi connectivity index (χ0) is 21.2. The average molecular weight is 415 g/mol. The van der Waals surface area contributed by atoms with Gasteiger partial charge in [0.2, 0.25) is 15.9 Å². The number of carbonyl (C=O) groups excluding carboxylic acids is 1. The Balaban J connectivity index is 2.01. The van der Waals surface area contributed by atoms with Crippen molar-refractivity contribution < 1.29 is 18.3 Å². The first kappa shape index (κ1) is 20.5. The fourth-order valence-electron chi connectivity index (χ4n) is 2.75. The Morgan fingerprint density at radius 2 is 1.90 bits per heavy atom. The van der Waals surface area contributed by atoms with Crippen molar-refractivity contribution >= 4 is 38.2 Å². The monoisotopic (exact) mass is 415 g/mol. The van der Waals surface area contributed by atoms with E-state index in [0.717, 1.165) is 0 Å². The van der Waals surface area contributed by atoms with Crippen LogP contribution in [-0.4, -0.2) is 37.5 Å². The molecule has 0 bridgehead atoms. The van der Waals surface area contributed by atoms with E-state index in [1.807, 2.05) is 0 Å². The molecule has 2 aromatic carbocycles. The summed E-state index contributed by atoms with van der Waals surface area (Å²) < 4.78 is 27.4. The first-order valence-corrected chi connectivity index (χ1v) is 10.3. The van der Waals surface area contributed by atoms with Gasteiger partial charge in [-0.15, -0.1) is 5.11 Å². The van der Waals surface area contributed by atoms with Gasteiger partial charge in [-0.3, -0.25) is 4.79 Å². The van der Waals surface area contributed by atoms with E-state index in [1.54, 1.807) is 44.2 Å². The van der Waals surface area contributed by atoms with E-state index in [2.05, 4.69) is 25.3 Å². The minimum absolute atomic E-state index is 0.0516. The second-order valence-corrected chi connectivity index (χ2v) is 8.35. The lowest BCUT2D eigenvalue weighted by molar-refractivity contribution is 0.0963. The van der Waals surface area contributed by atoms with Crippen molar-refractivity contribution in [3.05, 3.63) is 48.0 Å². The van der Waals surface area contributed by atoms with Gasteiger partial charge in [-0.05, 0) is 50.2 Å². The SMILES string of the molecule is CNC(=O)c1cccc(N=Nc2c(O)[nH]c3ccc(S(=O)(=O)NC(C)C)cc23)c1. The molecule has 0 fully saturated rings. The van der Waals surface area contributed by atoms with Gasteiger partial charge in [0, 0.05) is 24.0 Å². The summed E-state index contributed by atoms with van der Waals surface area (Å²) >= 11 is 0. The largest absolute Gasteiger partial charge is 0.493 e. The number of azo groups is 1. The lowest BCUT2D eigenvalue weighted by Crippen LogP contribution is -2.30. The van der Waals surface area contributed by atoms with E-state index < -0.39 is 10.0 Å². The molecule has 4 N–H and O–H groups in total. The smallest absolute Gasteiger partial charge is 0.251 e. The van der Waals surface area contributed by atoms with Crippen molar-refractivity contribution in [3.8, 4) is 5.88 Å². The molecule has 152 valence electrons. The molecule has 3 rings (SSSR count). The third-order valence-electron chi connectivity index (χ3n) is 4.03. The number of aromatic hydroxyl groups is 1. The standard InChI is InChI=1S/C19H21N5O4S/c1-11(2)24-29(27,28)14-7-8-16-15(10-14)17(19(26)21-16)23-22-13-6-4-5-12(9-13)18(25)20-3/h4-11,21,24,26H,1-3H3,(H,20,25). The van der Waals surface area contributed by atoms with Crippen LogP contribution in [0.15, 0.2) is 57.6 Å². The van der Waals surface area contributed by atoms with Crippen molar-refractivity contribution in [2.45, 2.75) is 24.8 Å². The van der Waals surface area contributed by atoms with Gasteiger partial charge in [0.1, 0.15) is 0 Å². The maximum atomic E-state index is 12.4. The fourth-order valence-corrected chi connectivity index (χ4v) is 4.03. The van der Waals surface area contributed by atoms with Gasteiger partial charge in [-0.25, -0.2) is 13.1 Å². The number of aromatic amines is 1. The van der Waals surface area contributed by atoms with Gasteiger partial charge in [0.05, 0.1) is 16.1 Å². The molecule has 3 aromatic rings. The summed E-state index contributed by atoms with van der Waals surface area (Å²) in [4.78, 5) is 14.5. The topological polar surface area (TPSA) is 136 Å². The molecular formula is C19H21N5O4S. The fraction of sp³-hybridized carbons (Fsp3) is 0.211. The van der Waals surface area contributed by atoms with Gasteiger partial charge in [-0.1, -0.05) is 6.07 Å². The Morgan fingerprint density at radius 3 is 2.59 bits per heavy atom. The van der Waals surface area contributed by atoms with E-state index in [-0.39, 0.29) is 28.4 Å². The molecule has 0 aliphatic heterocycles. The van der Waals surface area contributed by atoms with Gasteiger partial charge < -0.3 is 15.4 Å². The summed E-state index contributed by atoms with van der Waals surface area (Å²) in [5.74, 6) is -0.498. The number of H-pyrrole nitrogens is 1. The predicted molar refractivity (Wildman–Crippen MR) is 109 cm³/mol. The summed E-state index contributed by atoms with van der Waals surface area (Å²) in [6, 6.07) is 10.7. The van der Waals surface area contributed by atoms with Crippen LogP contribution >= 0.6 is 0 Å². The first-order valence-electron chi connectivity index (χ1n) is 8.82. The molecule has 0 saturated carbocycles. The minimum Gasteiger partial charge on any atom is -0.493 e. The van der Waals surface area contributed by atoms with Crippen molar-refractivity contribution in [1.29, 1.82) is 0 Å². The van der Waals surface area contributed by atoms with Crippen LogP contribution in [0.25, 0.3) is 10.9 Å². The zero-order valence-corrected chi connectivity index (χ0v) is 16.9. The van der Waals surface area contributed by atoms with E-state index >= 15 is 0 Å². The number of carbonyl (C=O) groups is 1. The number of aromatic nitrogens is 1.